The van der Waals surface area contributed by atoms with Crippen molar-refractivity contribution in [3.63, 3.8) is 0 Å². The van der Waals surface area contributed by atoms with Gasteiger partial charge >= 0.3 is 6.18 Å². The van der Waals surface area contributed by atoms with Crippen molar-refractivity contribution in [2.24, 2.45) is 0 Å². The van der Waals surface area contributed by atoms with E-state index in [0.29, 0.717) is 0 Å². The van der Waals surface area contributed by atoms with Crippen molar-refractivity contribution in [1.82, 2.24) is 9.97 Å². The molecule has 10 heteroatoms. The fourth-order valence-corrected chi connectivity index (χ4v) is 1.90. The van der Waals surface area contributed by atoms with Crippen LogP contribution in [0.5, 0.6) is 5.75 Å². The molecule has 130 valence electrons. The predicted octanol–water partition coefficient (Wildman–Crippen LogP) is 2.58. The van der Waals surface area contributed by atoms with Crippen LogP contribution in [-0.4, -0.2) is 34.3 Å². The highest BCUT2D eigenvalue weighted by Crippen LogP contribution is 2.31. The summed E-state index contributed by atoms with van der Waals surface area (Å²) < 4.78 is 43.0. The number of benzene rings is 1. The Kier molecular flexibility index (Phi) is 5.68. The van der Waals surface area contributed by atoms with Crippen molar-refractivity contribution in [1.29, 1.82) is 0 Å². The molecule has 1 aromatic carbocycles. The van der Waals surface area contributed by atoms with Crippen molar-refractivity contribution in [2.75, 3.05) is 24.2 Å². The minimum absolute atomic E-state index is 0.00758. The summed E-state index contributed by atoms with van der Waals surface area (Å²) >= 11 is 5.88. The Morgan fingerprint density at radius 3 is 2.79 bits per heavy atom. The van der Waals surface area contributed by atoms with Gasteiger partial charge in [0.2, 0.25) is 0 Å². The first-order valence-electron chi connectivity index (χ1n) is 6.75. The number of anilines is 2. The standard InChI is InChI=1S/C14H14ClF3N4O2/c15-11-12(19)21-7-22-13(11)20-5-9(23)6-24-10-3-1-2-8(4-10)14(16,17)18/h1-4,7,9,23H,5-6H2,(H3,19,20,21,22). The van der Waals surface area contributed by atoms with E-state index in [9.17, 15) is 18.3 Å². The van der Waals surface area contributed by atoms with Crippen LogP contribution in [0.4, 0.5) is 24.8 Å². The van der Waals surface area contributed by atoms with Crippen molar-refractivity contribution in [3.8, 4) is 5.75 Å². The van der Waals surface area contributed by atoms with Gasteiger partial charge in [-0.3, -0.25) is 0 Å². The number of hydrogen-bond acceptors (Lipinski definition) is 6. The lowest BCUT2D eigenvalue weighted by molar-refractivity contribution is -0.137. The van der Waals surface area contributed by atoms with E-state index >= 15 is 0 Å². The SMILES string of the molecule is Nc1ncnc(NCC(O)COc2cccc(C(F)(F)F)c2)c1Cl. The molecule has 2 rings (SSSR count). The third kappa shape index (κ3) is 4.87. The highest BCUT2D eigenvalue weighted by molar-refractivity contribution is 6.35. The lowest BCUT2D eigenvalue weighted by atomic mass is 10.2. The first-order valence-corrected chi connectivity index (χ1v) is 7.13. The summed E-state index contributed by atoms with van der Waals surface area (Å²) in [6.45, 7) is -0.207. The maximum Gasteiger partial charge on any atom is 0.416 e. The summed E-state index contributed by atoms with van der Waals surface area (Å²) in [6, 6.07) is 4.40. The van der Waals surface area contributed by atoms with Gasteiger partial charge in [-0.05, 0) is 18.2 Å². The molecule has 0 spiro atoms. The predicted molar refractivity (Wildman–Crippen MR) is 82.9 cm³/mol. The Morgan fingerprint density at radius 2 is 2.08 bits per heavy atom. The van der Waals surface area contributed by atoms with E-state index in [0.717, 1.165) is 12.1 Å². The van der Waals surface area contributed by atoms with Crippen LogP contribution >= 0.6 is 11.6 Å². The van der Waals surface area contributed by atoms with Crippen LogP contribution < -0.4 is 15.8 Å². The number of nitrogens with two attached hydrogens (primary N) is 1. The quantitative estimate of drug-likeness (QED) is 0.731. The minimum atomic E-state index is -4.46. The zero-order valence-electron chi connectivity index (χ0n) is 12.2. The van der Waals surface area contributed by atoms with E-state index in [-0.39, 0.29) is 35.6 Å². The van der Waals surface area contributed by atoms with Gasteiger partial charge in [-0.2, -0.15) is 13.2 Å². The second-order valence-corrected chi connectivity index (χ2v) is 5.17. The molecule has 0 radical (unpaired) electrons. The largest absolute Gasteiger partial charge is 0.491 e. The van der Waals surface area contributed by atoms with E-state index in [1.165, 1.54) is 18.5 Å². The molecule has 0 aliphatic carbocycles. The van der Waals surface area contributed by atoms with Crippen LogP contribution in [0.15, 0.2) is 30.6 Å². The van der Waals surface area contributed by atoms with Crippen LogP contribution in [0.25, 0.3) is 0 Å². The third-order valence-electron chi connectivity index (χ3n) is 2.93. The van der Waals surface area contributed by atoms with Gasteiger partial charge in [0.1, 0.15) is 35.6 Å². The highest BCUT2D eigenvalue weighted by Gasteiger charge is 2.30. The van der Waals surface area contributed by atoms with Gasteiger partial charge in [0.15, 0.2) is 5.82 Å². The fraction of sp³-hybridized carbons (Fsp3) is 0.286. The number of ether oxygens (including phenoxy) is 1. The van der Waals surface area contributed by atoms with Crippen molar-refractivity contribution in [3.05, 3.63) is 41.2 Å². The number of alkyl halides is 3. The Labute approximate surface area is 140 Å². The Bertz CT molecular complexity index is 700. The van der Waals surface area contributed by atoms with E-state index in [4.69, 9.17) is 22.1 Å². The van der Waals surface area contributed by atoms with Gasteiger partial charge in [0, 0.05) is 6.54 Å². The highest BCUT2D eigenvalue weighted by atomic mass is 35.5. The van der Waals surface area contributed by atoms with Gasteiger partial charge < -0.3 is 20.9 Å². The van der Waals surface area contributed by atoms with Crippen molar-refractivity contribution in [2.45, 2.75) is 12.3 Å². The average Bonchev–Trinajstić information content (AvgIpc) is 2.54. The molecule has 0 bridgehead atoms. The summed E-state index contributed by atoms with van der Waals surface area (Å²) in [4.78, 5) is 7.54. The van der Waals surface area contributed by atoms with Crippen LogP contribution in [0, 0.1) is 0 Å². The normalized spacial score (nSPS) is 12.7. The second kappa shape index (κ2) is 7.54. The first kappa shape index (κ1) is 18.1. The number of halogens is 4. The molecule has 1 unspecified atom stereocenters. The van der Waals surface area contributed by atoms with Crippen LogP contribution in [0.1, 0.15) is 5.56 Å². The topological polar surface area (TPSA) is 93.3 Å². The molecule has 0 amide bonds. The van der Waals surface area contributed by atoms with E-state index in [2.05, 4.69) is 15.3 Å². The Morgan fingerprint density at radius 1 is 1.33 bits per heavy atom. The van der Waals surface area contributed by atoms with Crippen LogP contribution in [-0.2, 0) is 6.18 Å². The fourth-order valence-electron chi connectivity index (χ4n) is 1.73. The number of aromatic nitrogens is 2. The maximum absolute atomic E-state index is 12.6. The molecule has 2 aromatic rings. The number of nitrogen functional groups attached to an aromatic ring is 1. The molecule has 6 nitrogen and oxygen atoms in total. The molecule has 0 aliphatic rings. The minimum Gasteiger partial charge on any atom is -0.491 e. The number of nitrogens with zero attached hydrogens (tertiary/aromatic N) is 2. The van der Waals surface area contributed by atoms with E-state index in [1.807, 2.05) is 0 Å². The molecule has 1 heterocycles. The van der Waals surface area contributed by atoms with Crippen molar-refractivity contribution >= 4 is 23.2 Å². The van der Waals surface area contributed by atoms with E-state index < -0.39 is 17.8 Å². The number of aliphatic hydroxyl groups excluding tert-OH is 1. The average molecular weight is 363 g/mol. The summed E-state index contributed by atoms with van der Waals surface area (Å²) in [5.74, 6) is 0.333. The third-order valence-corrected chi connectivity index (χ3v) is 3.30. The van der Waals surface area contributed by atoms with Gasteiger partial charge in [0.05, 0.1) is 5.56 Å². The van der Waals surface area contributed by atoms with Gasteiger partial charge in [0.25, 0.3) is 0 Å². The molecule has 0 fully saturated rings. The molecule has 4 N–H and O–H groups in total. The number of rotatable bonds is 6. The number of hydrogen-bond donors (Lipinski definition) is 3. The summed E-state index contributed by atoms with van der Waals surface area (Å²) in [6.07, 6.45) is -4.26. The zero-order chi connectivity index (χ0) is 17.7. The molecule has 1 aromatic heterocycles. The molecule has 24 heavy (non-hydrogen) atoms. The Hall–Kier alpha value is -2.26. The molecule has 0 saturated heterocycles. The number of aliphatic hydroxyl groups is 1. The summed E-state index contributed by atoms with van der Waals surface area (Å²) in [5.41, 5.74) is 4.69. The summed E-state index contributed by atoms with van der Waals surface area (Å²) in [7, 11) is 0. The first-order chi connectivity index (χ1) is 11.3. The summed E-state index contributed by atoms with van der Waals surface area (Å²) in [5, 5.41) is 12.7. The molecular weight excluding hydrogens is 349 g/mol. The second-order valence-electron chi connectivity index (χ2n) is 4.79. The monoisotopic (exact) mass is 362 g/mol. The van der Waals surface area contributed by atoms with Gasteiger partial charge in [-0.25, -0.2) is 9.97 Å². The van der Waals surface area contributed by atoms with Gasteiger partial charge in [-0.15, -0.1) is 0 Å². The van der Waals surface area contributed by atoms with Gasteiger partial charge in [-0.1, -0.05) is 17.7 Å². The zero-order valence-corrected chi connectivity index (χ0v) is 13.0. The molecule has 1 atom stereocenters. The lowest BCUT2D eigenvalue weighted by Crippen LogP contribution is -2.26. The smallest absolute Gasteiger partial charge is 0.416 e. The molecule has 0 saturated carbocycles. The maximum atomic E-state index is 12.6. The molecular formula is C14H14ClF3N4O2. The Balaban J connectivity index is 1.87. The number of nitrogens with one attached hydrogen (secondary N) is 1. The van der Waals surface area contributed by atoms with Crippen molar-refractivity contribution < 1.29 is 23.0 Å². The van der Waals surface area contributed by atoms with E-state index in [1.54, 1.807) is 0 Å². The lowest BCUT2D eigenvalue weighted by Gasteiger charge is -2.15. The van der Waals surface area contributed by atoms with Crippen LogP contribution in [0.2, 0.25) is 5.02 Å². The van der Waals surface area contributed by atoms with Crippen LogP contribution in [0.3, 0.4) is 0 Å². The molecule has 0 aliphatic heterocycles.